The molecule has 3 rings (SSSR count). The molecule has 0 unspecified atom stereocenters. The van der Waals surface area contributed by atoms with Gasteiger partial charge in [-0.25, -0.2) is 0 Å². The molecule has 1 aromatic heterocycles. The Hall–Kier alpha value is -2.84. The number of carbonyl (C=O) groups excluding carboxylic acids is 3. The van der Waals surface area contributed by atoms with Gasteiger partial charge < -0.3 is 25.2 Å². The monoisotopic (exact) mass is 362 g/mol. The fourth-order valence-corrected chi connectivity index (χ4v) is 3.50. The Morgan fingerprint density at radius 2 is 1.96 bits per heavy atom. The SMILES string of the molecule is CC(=O)NCCN1CCCCn2c(c3c(c(O)c2=O)C(=O)NCC3)C1=O. The minimum Gasteiger partial charge on any atom is -0.502 e. The quantitative estimate of drug-likeness (QED) is 0.651. The number of pyridine rings is 1. The summed E-state index contributed by atoms with van der Waals surface area (Å²) in [4.78, 5) is 50.5. The Bertz CT molecular complexity index is 829. The molecule has 0 spiro atoms. The molecule has 3 N–H and O–H groups in total. The molecule has 1 aromatic rings. The van der Waals surface area contributed by atoms with Gasteiger partial charge in [0.15, 0.2) is 5.75 Å². The summed E-state index contributed by atoms with van der Waals surface area (Å²) in [5.74, 6) is -1.67. The van der Waals surface area contributed by atoms with Crippen LogP contribution in [0.2, 0.25) is 0 Å². The average Bonchev–Trinajstić information content (AvgIpc) is 2.58. The van der Waals surface area contributed by atoms with Crippen molar-refractivity contribution < 1.29 is 19.5 Å². The van der Waals surface area contributed by atoms with Crippen LogP contribution in [0.1, 0.15) is 46.2 Å². The number of nitrogens with zero attached hydrogens (tertiary/aromatic N) is 2. The molecule has 3 heterocycles. The van der Waals surface area contributed by atoms with E-state index in [4.69, 9.17) is 0 Å². The van der Waals surface area contributed by atoms with Gasteiger partial charge in [0, 0.05) is 45.2 Å². The fraction of sp³-hybridized carbons (Fsp3) is 0.529. The number of hydrogen-bond donors (Lipinski definition) is 3. The van der Waals surface area contributed by atoms with E-state index in [1.165, 1.54) is 11.5 Å². The first-order chi connectivity index (χ1) is 12.4. The summed E-state index contributed by atoms with van der Waals surface area (Å²) in [6.45, 7) is 3.20. The number of aromatic hydroxyl groups is 1. The maximum absolute atomic E-state index is 13.1. The summed E-state index contributed by atoms with van der Waals surface area (Å²) < 4.78 is 1.29. The highest BCUT2D eigenvalue weighted by Gasteiger charge is 2.33. The normalized spacial score (nSPS) is 16.9. The van der Waals surface area contributed by atoms with Gasteiger partial charge in [-0.2, -0.15) is 0 Å². The van der Waals surface area contributed by atoms with Crippen LogP contribution in [0.3, 0.4) is 0 Å². The van der Waals surface area contributed by atoms with Crippen LogP contribution < -0.4 is 16.2 Å². The topological polar surface area (TPSA) is 121 Å². The maximum atomic E-state index is 13.1. The Labute approximate surface area is 150 Å². The molecule has 0 fully saturated rings. The van der Waals surface area contributed by atoms with E-state index in [1.807, 2.05) is 0 Å². The highest BCUT2D eigenvalue weighted by atomic mass is 16.3. The highest BCUT2D eigenvalue weighted by molar-refractivity contribution is 6.03. The van der Waals surface area contributed by atoms with Crippen molar-refractivity contribution in [1.82, 2.24) is 20.1 Å². The molecule has 0 saturated carbocycles. The molecular weight excluding hydrogens is 340 g/mol. The van der Waals surface area contributed by atoms with Crippen LogP contribution in [0.15, 0.2) is 4.79 Å². The lowest BCUT2D eigenvalue weighted by atomic mass is 9.96. The van der Waals surface area contributed by atoms with Crippen LogP contribution in [-0.2, 0) is 17.8 Å². The van der Waals surface area contributed by atoms with Crippen molar-refractivity contribution >= 4 is 17.7 Å². The Morgan fingerprint density at radius 1 is 1.23 bits per heavy atom. The van der Waals surface area contributed by atoms with E-state index in [1.54, 1.807) is 4.90 Å². The number of carbonyl (C=O) groups is 3. The minimum absolute atomic E-state index is 0.0942. The second kappa shape index (κ2) is 7.19. The third kappa shape index (κ3) is 3.16. The molecular formula is C17H22N4O5. The molecule has 0 aliphatic carbocycles. The molecule has 0 aromatic carbocycles. The van der Waals surface area contributed by atoms with Crippen LogP contribution in [-0.4, -0.2) is 58.5 Å². The maximum Gasteiger partial charge on any atom is 0.294 e. The van der Waals surface area contributed by atoms with E-state index in [9.17, 15) is 24.3 Å². The van der Waals surface area contributed by atoms with Gasteiger partial charge >= 0.3 is 0 Å². The smallest absolute Gasteiger partial charge is 0.294 e. The van der Waals surface area contributed by atoms with Crippen molar-refractivity contribution in [2.45, 2.75) is 32.7 Å². The minimum atomic E-state index is -0.715. The number of rotatable bonds is 3. The van der Waals surface area contributed by atoms with Crippen LogP contribution >= 0.6 is 0 Å². The van der Waals surface area contributed by atoms with Crippen molar-refractivity contribution in [3.63, 3.8) is 0 Å². The van der Waals surface area contributed by atoms with Crippen LogP contribution in [0.4, 0.5) is 0 Å². The Morgan fingerprint density at radius 3 is 2.69 bits per heavy atom. The van der Waals surface area contributed by atoms with E-state index >= 15 is 0 Å². The van der Waals surface area contributed by atoms with Gasteiger partial charge in [0.05, 0.1) is 5.56 Å². The van der Waals surface area contributed by atoms with Crippen molar-refractivity contribution in [2.24, 2.45) is 0 Å². The number of aromatic nitrogens is 1. The third-order valence-electron chi connectivity index (χ3n) is 4.73. The average molecular weight is 362 g/mol. The molecule has 9 heteroatoms. The van der Waals surface area contributed by atoms with Crippen LogP contribution in [0.25, 0.3) is 0 Å². The molecule has 26 heavy (non-hydrogen) atoms. The van der Waals surface area contributed by atoms with Gasteiger partial charge in [-0.15, -0.1) is 0 Å². The van der Waals surface area contributed by atoms with Crippen molar-refractivity contribution in [2.75, 3.05) is 26.2 Å². The van der Waals surface area contributed by atoms with E-state index in [2.05, 4.69) is 10.6 Å². The summed E-state index contributed by atoms with van der Waals surface area (Å²) in [6, 6.07) is 0. The molecule has 140 valence electrons. The standard InChI is InChI=1S/C17H22N4O5/c1-10(22)18-6-9-20-7-2-3-8-21-13(16(20)25)11-4-5-19-15(24)12(11)14(23)17(21)26/h23H,2-9H2,1H3,(H,18,22)(H,19,24). The fourth-order valence-electron chi connectivity index (χ4n) is 3.50. The van der Waals surface area contributed by atoms with Gasteiger partial charge in [0.1, 0.15) is 5.69 Å². The molecule has 2 aliphatic rings. The van der Waals surface area contributed by atoms with Gasteiger partial charge in [-0.1, -0.05) is 0 Å². The van der Waals surface area contributed by atoms with E-state index in [0.29, 0.717) is 57.5 Å². The number of fused-ring (bicyclic) bond motifs is 3. The first-order valence-corrected chi connectivity index (χ1v) is 8.72. The Kier molecular flexibility index (Phi) is 4.97. The predicted octanol–water partition coefficient (Wildman–Crippen LogP) is -0.788. The molecule has 0 saturated heterocycles. The molecule has 0 radical (unpaired) electrons. The lowest BCUT2D eigenvalue weighted by molar-refractivity contribution is -0.119. The van der Waals surface area contributed by atoms with Crippen LogP contribution in [0.5, 0.6) is 5.75 Å². The van der Waals surface area contributed by atoms with E-state index < -0.39 is 17.2 Å². The number of hydrogen-bond acceptors (Lipinski definition) is 5. The lowest BCUT2D eigenvalue weighted by Crippen LogP contribution is -2.45. The van der Waals surface area contributed by atoms with E-state index in [0.717, 1.165) is 0 Å². The van der Waals surface area contributed by atoms with Crippen molar-refractivity contribution in [3.8, 4) is 5.75 Å². The lowest BCUT2D eigenvalue weighted by Gasteiger charge is -2.30. The molecule has 2 aliphatic heterocycles. The summed E-state index contributed by atoms with van der Waals surface area (Å²) in [5, 5.41) is 15.5. The van der Waals surface area contributed by atoms with Gasteiger partial charge in [0.25, 0.3) is 17.4 Å². The zero-order valence-corrected chi connectivity index (χ0v) is 14.6. The molecule has 0 bridgehead atoms. The first-order valence-electron chi connectivity index (χ1n) is 8.72. The summed E-state index contributed by atoms with van der Waals surface area (Å²) in [7, 11) is 0. The zero-order chi connectivity index (χ0) is 18.8. The number of nitrogens with one attached hydrogen (secondary N) is 2. The predicted molar refractivity (Wildman–Crippen MR) is 92.2 cm³/mol. The largest absolute Gasteiger partial charge is 0.502 e. The van der Waals surface area contributed by atoms with Gasteiger partial charge in [-0.3, -0.25) is 19.2 Å². The second-order valence-corrected chi connectivity index (χ2v) is 6.50. The highest BCUT2D eigenvalue weighted by Crippen LogP contribution is 2.26. The zero-order valence-electron chi connectivity index (χ0n) is 14.6. The summed E-state index contributed by atoms with van der Waals surface area (Å²) >= 11 is 0. The summed E-state index contributed by atoms with van der Waals surface area (Å²) in [5.41, 5.74) is -0.210. The molecule has 9 nitrogen and oxygen atoms in total. The van der Waals surface area contributed by atoms with E-state index in [-0.39, 0.29) is 23.1 Å². The third-order valence-corrected chi connectivity index (χ3v) is 4.73. The molecule has 0 atom stereocenters. The van der Waals surface area contributed by atoms with Gasteiger partial charge in [-0.05, 0) is 19.3 Å². The first kappa shape index (κ1) is 18.0. The van der Waals surface area contributed by atoms with Crippen LogP contribution in [0, 0.1) is 0 Å². The molecule has 3 amide bonds. The summed E-state index contributed by atoms with van der Waals surface area (Å²) in [6.07, 6.45) is 1.74. The van der Waals surface area contributed by atoms with Gasteiger partial charge in [0.2, 0.25) is 5.91 Å². The number of amides is 3. The van der Waals surface area contributed by atoms with Crippen molar-refractivity contribution in [3.05, 3.63) is 27.2 Å². The van der Waals surface area contributed by atoms with Crippen molar-refractivity contribution in [1.29, 1.82) is 0 Å². The second-order valence-electron chi connectivity index (χ2n) is 6.50. The Balaban J connectivity index is 2.07.